The number of hydrogen-bond donors (Lipinski definition) is 0. The normalized spacial score (nSPS) is 17.2. The zero-order chi connectivity index (χ0) is 28.1. The summed E-state index contributed by atoms with van der Waals surface area (Å²) in [6.45, 7) is 10.9. The van der Waals surface area contributed by atoms with Gasteiger partial charge in [0, 0.05) is 30.1 Å². The number of thiophene rings is 1. The largest absolute Gasteiger partial charge is 0.491 e. The van der Waals surface area contributed by atoms with Gasteiger partial charge in [-0.1, -0.05) is 43.7 Å². The highest BCUT2D eigenvalue weighted by Gasteiger charge is 2.34. The highest BCUT2D eigenvalue weighted by molar-refractivity contribution is 7.10. The van der Waals surface area contributed by atoms with Crippen LogP contribution in [-0.4, -0.2) is 72.4 Å². The van der Waals surface area contributed by atoms with E-state index in [2.05, 4.69) is 42.3 Å². The van der Waals surface area contributed by atoms with Gasteiger partial charge in [-0.2, -0.15) is 0 Å². The van der Waals surface area contributed by atoms with Crippen molar-refractivity contribution in [2.45, 2.75) is 52.0 Å². The summed E-state index contributed by atoms with van der Waals surface area (Å²) in [6, 6.07) is 17.8. The number of rotatable bonds is 10. The van der Waals surface area contributed by atoms with Gasteiger partial charge in [-0.3, -0.25) is 9.59 Å². The molecule has 40 heavy (non-hydrogen) atoms. The first-order valence-corrected chi connectivity index (χ1v) is 15.4. The lowest BCUT2D eigenvalue weighted by Crippen LogP contribution is -2.49. The van der Waals surface area contributed by atoms with Gasteiger partial charge in [-0.05, 0) is 92.0 Å². The first-order chi connectivity index (χ1) is 19.4. The SMILES string of the molecule is Cc1ccc(C(=O)N(CCN2CCCC2)CC(=O)N2CCc3sccc3C2COc2ccc(C(C)C)cc2)cc1. The number of carbonyl (C=O) groups excluding carboxylic acids is 2. The summed E-state index contributed by atoms with van der Waals surface area (Å²) in [5, 5.41) is 2.10. The number of benzene rings is 2. The van der Waals surface area contributed by atoms with E-state index < -0.39 is 0 Å². The molecule has 2 aliphatic heterocycles. The van der Waals surface area contributed by atoms with Crippen LogP contribution in [0.3, 0.4) is 0 Å². The summed E-state index contributed by atoms with van der Waals surface area (Å²) in [7, 11) is 0. The Kier molecular flexibility index (Phi) is 9.22. The number of ether oxygens (including phenoxy) is 1. The van der Waals surface area contributed by atoms with Crippen molar-refractivity contribution >= 4 is 23.2 Å². The van der Waals surface area contributed by atoms with E-state index in [-0.39, 0.29) is 24.4 Å². The average molecular weight is 560 g/mol. The molecule has 2 aliphatic rings. The van der Waals surface area contributed by atoms with E-state index in [1.54, 1.807) is 16.2 Å². The third-order valence-electron chi connectivity index (χ3n) is 8.17. The molecule has 212 valence electrons. The Morgan fingerprint density at radius 1 is 1.00 bits per heavy atom. The lowest BCUT2D eigenvalue weighted by atomic mass is 10.00. The summed E-state index contributed by atoms with van der Waals surface area (Å²) in [4.78, 5) is 34.9. The third-order valence-corrected chi connectivity index (χ3v) is 9.16. The molecule has 3 aromatic rings. The molecule has 7 heteroatoms. The molecule has 0 bridgehead atoms. The fraction of sp³-hybridized carbons (Fsp3) is 0.455. The smallest absolute Gasteiger partial charge is 0.254 e. The first kappa shape index (κ1) is 28.4. The predicted octanol–water partition coefficient (Wildman–Crippen LogP) is 5.92. The van der Waals surface area contributed by atoms with Crippen molar-refractivity contribution in [1.29, 1.82) is 0 Å². The van der Waals surface area contributed by atoms with E-state index in [1.165, 1.54) is 23.3 Å². The average Bonchev–Trinajstić information content (AvgIpc) is 3.66. The predicted molar refractivity (Wildman–Crippen MR) is 161 cm³/mol. The molecule has 0 N–H and O–H groups in total. The molecular weight excluding hydrogens is 518 g/mol. The fourth-order valence-electron chi connectivity index (χ4n) is 5.65. The molecule has 1 atom stereocenters. The van der Waals surface area contributed by atoms with Crippen LogP contribution in [0.15, 0.2) is 60.0 Å². The summed E-state index contributed by atoms with van der Waals surface area (Å²) >= 11 is 1.75. The van der Waals surface area contributed by atoms with Crippen LogP contribution in [0.2, 0.25) is 0 Å². The van der Waals surface area contributed by atoms with Gasteiger partial charge in [-0.25, -0.2) is 0 Å². The van der Waals surface area contributed by atoms with Crippen molar-refractivity contribution in [3.8, 4) is 5.75 Å². The number of amides is 2. The Morgan fingerprint density at radius 3 is 2.42 bits per heavy atom. The Labute approximate surface area is 242 Å². The molecule has 5 rings (SSSR count). The van der Waals surface area contributed by atoms with Crippen LogP contribution in [0.1, 0.15) is 70.6 Å². The zero-order valence-corrected chi connectivity index (χ0v) is 24.8. The van der Waals surface area contributed by atoms with Crippen LogP contribution in [0, 0.1) is 6.92 Å². The Morgan fingerprint density at radius 2 is 1.73 bits per heavy atom. The number of likely N-dealkylation sites (tertiary alicyclic amines) is 1. The molecule has 1 unspecified atom stereocenters. The van der Waals surface area contributed by atoms with Crippen molar-refractivity contribution in [2.24, 2.45) is 0 Å². The van der Waals surface area contributed by atoms with E-state index in [0.29, 0.717) is 31.2 Å². The van der Waals surface area contributed by atoms with Gasteiger partial charge in [0.25, 0.3) is 5.91 Å². The third kappa shape index (κ3) is 6.76. The van der Waals surface area contributed by atoms with Gasteiger partial charge in [-0.15, -0.1) is 11.3 Å². The minimum Gasteiger partial charge on any atom is -0.491 e. The van der Waals surface area contributed by atoms with Crippen LogP contribution in [0.4, 0.5) is 0 Å². The van der Waals surface area contributed by atoms with E-state index >= 15 is 0 Å². The molecule has 1 aromatic heterocycles. The minimum atomic E-state index is -0.179. The van der Waals surface area contributed by atoms with Crippen molar-refractivity contribution in [3.05, 3.63) is 87.1 Å². The maximum atomic E-state index is 13.9. The second kappa shape index (κ2) is 13.0. The summed E-state index contributed by atoms with van der Waals surface area (Å²) in [5.74, 6) is 1.16. The molecule has 0 saturated carbocycles. The van der Waals surface area contributed by atoms with Gasteiger partial charge >= 0.3 is 0 Å². The number of hydrogen-bond acceptors (Lipinski definition) is 5. The summed E-state index contributed by atoms with van der Waals surface area (Å²) in [6.07, 6.45) is 3.23. The van der Waals surface area contributed by atoms with E-state index in [0.717, 1.165) is 42.9 Å². The minimum absolute atomic E-state index is 0.0255. The lowest BCUT2D eigenvalue weighted by Gasteiger charge is -2.37. The summed E-state index contributed by atoms with van der Waals surface area (Å²) in [5.41, 5.74) is 4.17. The van der Waals surface area contributed by atoms with Gasteiger partial charge in [0.05, 0.1) is 6.04 Å². The van der Waals surface area contributed by atoms with Gasteiger partial charge in [0.15, 0.2) is 0 Å². The van der Waals surface area contributed by atoms with Crippen molar-refractivity contribution < 1.29 is 14.3 Å². The molecule has 2 aromatic carbocycles. The molecule has 0 spiro atoms. The lowest BCUT2D eigenvalue weighted by molar-refractivity contribution is -0.135. The maximum Gasteiger partial charge on any atom is 0.254 e. The van der Waals surface area contributed by atoms with E-state index in [9.17, 15) is 9.59 Å². The second-order valence-electron chi connectivity index (χ2n) is 11.3. The molecule has 0 radical (unpaired) electrons. The fourth-order valence-corrected chi connectivity index (χ4v) is 6.58. The van der Waals surface area contributed by atoms with Gasteiger partial charge in [0.2, 0.25) is 5.91 Å². The summed E-state index contributed by atoms with van der Waals surface area (Å²) < 4.78 is 6.26. The standard InChI is InChI=1S/C33H41N3O3S/c1-24(2)26-10-12-28(13-11-26)39-23-30-29-15-21-40-31(29)14-18-36(30)32(37)22-35(20-19-34-16-4-5-17-34)33(38)27-8-6-25(3)7-9-27/h6-13,15,21,24,30H,4-5,14,16-20,22-23H2,1-3H3. The monoisotopic (exact) mass is 559 g/mol. The molecule has 2 amide bonds. The molecular formula is C33H41N3O3S. The highest BCUT2D eigenvalue weighted by atomic mass is 32.1. The Balaban J connectivity index is 1.32. The molecule has 3 heterocycles. The zero-order valence-electron chi connectivity index (χ0n) is 24.0. The van der Waals surface area contributed by atoms with E-state index in [1.807, 2.05) is 48.2 Å². The molecule has 1 saturated heterocycles. The number of nitrogens with zero attached hydrogens (tertiary/aromatic N) is 3. The number of aryl methyl sites for hydroxylation is 1. The van der Waals surface area contributed by atoms with Crippen LogP contribution in [-0.2, 0) is 11.2 Å². The number of fused-ring (bicyclic) bond motifs is 1. The van der Waals surface area contributed by atoms with Crippen molar-refractivity contribution in [2.75, 3.05) is 45.9 Å². The van der Waals surface area contributed by atoms with E-state index in [4.69, 9.17) is 4.74 Å². The Hall–Kier alpha value is -3.16. The van der Waals surface area contributed by atoms with Crippen LogP contribution in [0.5, 0.6) is 5.75 Å². The molecule has 1 fully saturated rings. The van der Waals surface area contributed by atoms with Crippen LogP contribution < -0.4 is 4.74 Å². The van der Waals surface area contributed by atoms with Crippen molar-refractivity contribution in [3.63, 3.8) is 0 Å². The number of carbonyl (C=O) groups is 2. The topological polar surface area (TPSA) is 53.1 Å². The highest BCUT2D eigenvalue weighted by Crippen LogP contribution is 2.34. The maximum absolute atomic E-state index is 13.9. The van der Waals surface area contributed by atoms with Gasteiger partial charge < -0.3 is 19.4 Å². The van der Waals surface area contributed by atoms with Crippen LogP contribution in [0.25, 0.3) is 0 Å². The van der Waals surface area contributed by atoms with Crippen LogP contribution >= 0.6 is 11.3 Å². The second-order valence-corrected chi connectivity index (χ2v) is 12.3. The van der Waals surface area contributed by atoms with Crippen molar-refractivity contribution in [1.82, 2.24) is 14.7 Å². The molecule has 0 aliphatic carbocycles. The van der Waals surface area contributed by atoms with Gasteiger partial charge in [0.1, 0.15) is 18.9 Å². The molecule has 6 nitrogen and oxygen atoms in total. The quantitative estimate of drug-likeness (QED) is 0.309. The first-order valence-electron chi connectivity index (χ1n) is 14.6. The Bertz CT molecular complexity index is 1280.